The Labute approximate surface area is 235 Å². The summed E-state index contributed by atoms with van der Waals surface area (Å²) < 4.78 is 15.5. The van der Waals surface area contributed by atoms with Crippen LogP contribution < -0.4 is 0 Å². The molecule has 0 saturated carbocycles. The number of hydrogen-bond donors (Lipinski definition) is 0. The lowest BCUT2D eigenvalue weighted by Crippen LogP contribution is -1.92. The lowest BCUT2D eigenvalue weighted by molar-refractivity contribution is 0.669. The zero-order valence-electron chi connectivity index (χ0n) is 22.0. The van der Waals surface area contributed by atoms with Crippen LogP contribution in [0.15, 0.2) is 148 Å². The van der Waals surface area contributed by atoms with Gasteiger partial charge in [-0.15, -0.1) is 0 Å². The standard InChI is InChI=1S/C38H23NO2/c1-3-10-24(11-4-1)25-18-20-29-30-21-19-26(23-35(30)40-34(29)22-25)28-15-9-16-32-36-38(41-37(28)32)31-14-7-8-17-33(31)39(36)27-12-5-2-6-13-27/h1-23H. The molecule has 0 aliphatic rings. The Morgan fingerprint density at radius 2 is 1.07 bits per heavy atom. The largest absolute Gasteiger partial charge is 0.456 e. The van der Waals surface area contributed by atoms with Crippen LogP contribution in [0, 0.1) is 0 Å². The van der Waals surface area contributed by atoms with Crippen LogP contribution >= 0.6 is 0 Å². The number of rotatable bonds is 3. The molecule has 0 spiro atoms. The lowest BCUT2D eigenvalue weighted by Gasteiger charge is -2.08. The third kappa shape index (κ3) is 3.26. The monoisotopic (exact) mass is 525 g/mol. The fourth-order valence-corrected chi connectivity index (χ4v) is 6.32. The van der Waals surface area contributed by atoms with Gasteiger partial charge in [0.15, 0.2) is 5.58 Å². The van der Waals surface area contributed by atoms with Gasteiger partial charge in [0.05, 0.1) is 5.52 Å². The van der Waals surface area contributed by atoms with Crippen LogP contribution in [0.5, 0.6) is 0 Å². The van der Waals surface area contributed by atoms with Crippen LogP contribution in [0.25, 0.3) is 82.9 Å². The first-order valence-corrected chi connectivity index (χ1v) is 13.9. The third-order valence-electron chi connectivity index (χ3n) is 8.21. The number of furan rings is 2. The van der Waals surface area contributed by atoms with Crippen molar-refractivity contribution in [1.29, 1.82) is 0 Å². The van der Waals surface area contributed by atoms with E-state index >= 15 is 0 Å². The fraction of sp³-hybridized carbons (Fsp3) is 0. The van der Waals surface area contributed by atoms with Crippen molar-refractivity contribution in [3.8, 4) is 27.9 Å². The summed E-state index contributed by atoms with van der Waals surface area (Å²) in [6, 6.07) is 48.7. The Kier molecular flexibility index (Phi) is 4.61. The average Bonchev–Trinajstić information content (AvgIpc) is 3.70. The van der Waals surface area contributed by atoms with E-state index in [1.165, 1.54) is 5.56 Å². The summed E-state index contributed by atoms with van der Waals surface area (Å²) in [5, 5.41) is 4.43. The molecule has 192 valence electrons. The molecule has 0 saturated heterocycles. The van der Waals surface area contributed by atoms with Gasteiger partial charge in [-0.3, -0.25) is 0 Å². The molecule has 3 aromatic heterocycles. The molecular formula is C38H23NO2. The fourth-order valence-electron chi connectivity index (χ4n) is 6.32. The van der Waals surface area contributed by atoms with Crippen molar-refractivity contribution >= 4 is 54.9 Å². The molecule has 3 nitrogen and oxygen atoms in total. The minimum Gasteiger partial charge on any atom is -0.456 e. The van der Waals surface area contributed by atoms with Gasteiger partial charge in [-0.25, -0.2) is 0 Å². The van der Waals surface area contributed by atoms with E-state index < -0.39 is 0 Å². The number of aromatic nitrogens is 1. The van der Waals surface area contributed by atoms with E-state index in [2.05, 4.69) is 138 Å². The molecule has 3 heterocycles. The number of para-hydroxylation sites is 3. The lowest BCUT2D eigenvalue weighted by atomic mass is 10.0. The highest BCUT2D eigenvalue weighted by Crippen LogP contribution is 2.43. The molecule has 0 radical (unpaired) electrons. The van der Waals surface area contributed by atoms with Crippen molar-refractivity contribution in [3.05, 3.63) is 140 Å². The Hall–Kier alpha value is -5.54. The Morgan fingerprint density at radius 1 is 0.415 bits per heavy atom. The summed E-state index contributed by atoms with van der Waals surface area (Å²) in [7, 11) is 0. The van der Waals surface area contributed by atoms with E-state index in [4.69, 9.17) is 8.83 Å². The topological polar surface area (TPSA) is 31.2 Å². The maximum Gasteiger partial charge on any atom is 0.161 e. The maximum atomic E-state index is 6.74. The average molecular weight is 526 g/mol. The molecule has 0 fully saturated rings. The molecule has 0 unspecified atom stereocenters. The van der Waals surface area contributed by atoms with Crippen LogP contribution in [0.4, 0.5) is 0 Å². The second-order valence-electron chi connectivity index (χ2n) is 10.5. The summed E-state index contributed by atoms with van der Waals surface area (Å²) in [6.07, 6.45) is 0. The van der Waals surface area contributed by atoms with Gasteiger partial charge >= 0.3 is 0 Å². The van der Waals surface area contributed by atoms with Gasteiger partial charge in [-0.1, -0.05) is 84.9 Å². The molecule has 9 rings (SSSR count). The molecule has 0 aliphatic carbocycles. The van der Waals surface area contributed by atoms with Crippen molar-refractivity contribution in [2.24, 2.45) is 0 Å². The van der Waals surface area contributed by atoms with Gasteiger partial charge in [0, 0.05) is 32.8 Å². The predicted molar refractivity (Wildman–Crippen MR) is 169 cm³/mol. The van der Waals surface area contributed by atoms with Gasteiger partial charge in [-0.05, 0) is 71.3 Å². The highest BCUT2D eigenvalue weighted by Gasteiger charge is 2.21. The van der Waals surface area contributed by atoms with E-state index in [0.29, 0.717) is 0 Å². The van der Waals surface area contributed by atoms with Gasteiger partial charge in [0.1, 0.15) is 22.3 Å². The molecule has 9 aromatic rings. The van der Waals surface area contributed by atoms with E-state index in [9.17, 15) is 0 Å². The van der Waals surface area contributed by atoms with E-state index in [1.807, 2.05) is 6.07 Å². The molecule has 3 heteroatoms. The second-order valence-corrected chi connectivity index (χ2v) is 10.5. The minimum atomic E-state index is 0.870. The van der Waals surface area contributed by atoms with Crippen LogP contribution in [0.1, 0.15) is 0 Å². The second kappa shape index (κ2) is 8.48. The third-order valence-corrected chi connectivity index (χ3v) is 8.21. The summed E-state index contributed by atoms with van der Waals surface area (Å²) in [4.78, 5) is 0. The normalized spacial score (nSPS) is 11.9. The van der Waals surface area contributed by atoms with Crippen LogP contribution in [-0.4, -0.2) is 4.57 Å². The van der Waals surface area contributed by atoms with Crippen LogP contribution in [0.2, 0.25) is 0 Å². The first-order valence-electron chi connectivity index (χ1n) is 13.9. The van der Waals surface area contributed by atoms with Crippen molar-refractivity contribution in [2.45, 2.75) is 0 Å². The molecule has 0 atom stereocenters. The maximum absolute atomic E-state index is 6.74. The number of benzene rings is 6. The summed E-state index contributed by atoms with van der Waals surface area (Å²) in [6.45, 7) is 0. The zero-order valence-corrected chi connectivity index (χ0v) is 22.0. The molecule has 6 aromatic carbocycles. The van der Waals surface area contributed by atoms with Crippen molar-refractivity contribution < 1.29 is 8.83 Å². The molecule has 0 bridgehead atoms. The Morgan fingerprint density at radius 3 is 1.88 bits per heavy atom. The molecular weight excluding hydrogens is 502 g/mol. The van der Waals surface area contributed by atoms with Crippen LogP contribution in [0.3, 0.4) is 0 Å². The van der Waals surface area contributed by atoms with Gasteiger partial charge in [-0.2, -0.15) is 0 Å². The first kappa shape index (κ1) is 22.3. The summed E-state index contributed by atoms with van der Waals surface area (Å²) in [5.74, 6) is 0. The minimum absolute atomic E-state index is 0.870. The van der Waals surface area contributed by atoms with Crippen molar-refractivity contribution in [1.82, 2.24) is 4.57 Å². The molecule has 41 heavy (non-hydrogen) atoms. The zero-order chi connectivity index (χ0) is 26.9. The molecule has 0 N–H and O–H groups in total. The van der Waals surface area contributed by atoms with Gasteiger partial charge in [0.2, 0.25) is 0 Å². The van der Waals surface area contributed by atoms with Crippen molar-refractivity contribution in [3.63, 3.8) is 0 Å². The van der Waals surface area contributed by atoms with E-state index in [0.717, 1.165) is 77.3 Å². The van der Waals surface area contributed by atoms with Crippen molar-refractivity contribution in [2.75, 3.05) is 0 Å². The number of nitrogens with zero attached hydrogens (tertiary/aromatic N) is 1. The van der Waals surface area contributed by atoms with Crippen LogP contribution in [-0.2, 0) is 0 Å². The smallest absolute Gasteiger partial charge is 0.161 e. The molecule has 0 aliphatic heterocycles. The Balaban J connectivity index is 1.25. The highest BCUT2D eigenvalue weighted by molar-refractivity contribution is 6.18. The van der Waals surface area contributed by atoms with E-state index in [-0.39, 0.29) is 0 Å². The highest BCUT2D eigenvalue weighted by atomic mass is 16.3. The molecule has 0 amide bonds. The van der Waals surface area contributed by atoms with Gasteiger partial charge in [0.25, 0.3) is 0 Å². The SMILES string of the molecule is c1ccc(-c2ccc3c(c2)oc2cc(-c4cccc5c4oc4c6ccccc6n(-c6ccccc6)c54)ccc23)cc1. The van der Waals surface area contributed by atoms with Gasteiger partial charge < -0.3 is 13.4 Å². The first-order chi connectivity index (χ1) is 20.3. The summed E-state index contributed by atoms with van der Waals surface area (Å²) >= 11 is 0. The quantitative estimate of drug-likeness (QED) is 0.230. The predicted octanol–water partition coefficient (Wildman–Crippen LogP) is 10.8. The number of hydrogen-bond acceptors (Lipinski definition) is 2. The number of fused-ring (bicyclic) bond motifs is 8. The Bertz CT molecular complexity index is 2410. The van der Waals surface area contributed by atoms with E-state index in [1.54, 1.807) is 0 Å². The summed E-state index contributed by atoms with van der Waals surface area (Å²) in [5.41, 5.74) is 11.3.